The van der Waals surface area contributed by atoms with E-state index >= 15 is 0 Å². The van der Waals surface area contributed by atoms with E-state index in [0.717, 1.165) is 5.56 Å². The van der Waals surface area contributed by atoms with Crippen molar-refractivity contribution in [3.8, 4) is 5.88 Å². The number of aryl methyl sites for hydroxylation is 1. The van der Waals surface area contributed by atoms with E-state index in [2.05, 4.69) is 5.10 Å². The molecule has 0 saturated heterocycles. The van der Waals surface area contributed by atoms with Gasteiger partial charge in [-0.1, -0.05) is 12.1 Å². The fraction of sp³-hybridized carbons (Fsp3) is 0.167. The van der Waals surface area contributed by atoms with Crippen molar-refractivity contribution < 1.29 is 19.0 Å². The van der Waals surface area contributed by atoms with Gasteiger partial charge in [0.15, 0.2) is 0 Å². The maximum atomic E-state index is 12.7. The number of carboxylic acid groups (broad SMARTS) is 1. The van der Waals surface area contributed by atoms with Gasteiger partial charge in [-0.2, -0.15) is 0 Å². The molecule has 0 radical (unpaired) electrons. The van der Waals surface area contributed by atoms with Gasteiger partial charge in [0.25, 0.3) is 0 Å². The zero-order valence-electron chi connectivity index (χ0n) is 9.63. The SMILES string of the molecule is Cn1cc(C(=O)O)c(OCc2ccc(F)cc2)n1. The Labute approximate surface area is 102 Å². The smallest absolute Gasteiger partial charge is 0.342 e. The van der Waals surface area contributed by atoms with Crippen LogP contribution in [-0.4, -0.2) is 20.9 Å². The highest BCUT2D eigenvalue weighted by atomic mass is 19.1. The van der Waals surface area contributed by atoms with Crippen LogP contribution in [0, 0.1) is 5.82 Å². The van der Waals surface area contributed by atoms with E-state index < -0.39 is 5.97 Å². The minimum atomic E-state index is -1.10. The third-order valence-electron chi connectivity index (χ3n) is 2.31. The van der Waals surface area contributed by atoms with E-state index in [1.807, 2.05) is 0 Å². The van der Waals surface area contributed by atoms with E-state index in [1.54, 1.807) is 19.2 Å². The summed E-state index contributed by atoms with van der Waals surface area (Å²) in [5.41, 5.74) is 0.734. The van der Waals surface area contributed by atoms with E-state index in [0.29, 0.717) is 0 Å². The molecule has 18 heavy (non-hydrogen) atoms. The summed E-state index contributed by atoms with van der Waals surface area (Å²) in [6.07, 6.45) is 1.36. The molecule has 0 aliphatic carbocycles. The average Bonchev–Trinajstić information content (AvgIpc) is 2.70. The van der Waals surface area contributed by atoms with Crippen LogP contribution >= 0.6 is 0 Å². The minimum Gasteiger partial charge on any atom is -0.477 e. The number of hydrogen-bond acceptors (Lipinski definition) is 3. The number of halogens is 1. The number of aromatic nitrogens is 2. The first-order valence-corrected chi connectivity index (χ1v) is 5.20. The fourth-order valence-electron chi connectivity index (χ4n) is 1.45. The van der Waals surface area contributed by atoms with Crippen LogP contribution in [0.1, 0.15) is 15.9 Å². The summed E-state index contributed by atoms with van der Waals surface area (Å²) in [5.74, 6) is -1.38. The van der Waals surface area contributed by atoms with Crippen molar-refractivity contribution in [2.75, 3.05) is 0 Å². The fourth-order valence-corrected chi connectivity index (χ4v) is 1.45. The Kier molecular flexibility index (Phi) is 3.27. The summed E-state index contributed by atoms with van der Waals surface area (Å²) in [4.78, 5) is 10.9. The normalized spacial score (nSPS) is 10.3. The van der Waals surface area contributed by atoms with Crippen molar-refractivity contribution in [1.29, 1.82) is 0 Å². The van der Waals surface area contributed by atoms with Crippen molar-refractivity contribution in [3.63, 3.8) is 0 Å². The van der Waals surface area contributed by atoms with Crippen LogP contribution in [0.2, 0.25) is 0 Å². The van der Waals surface area contributed by atoms with Crippen molar-refractivity contribution >= 4 is 5.97 Å². The molecule has 1 aromatic heterocycles. The monoisotopic (exact) mass is 250 g/mol. The number of rotatable bonds is 4. The van der Waals surface area contributed by atoms with Crippen LogP contribution < -0.4 is 4.74 Å². The quantitative estimate of drug-likeness (QED) is 0.899. The molecular weight excluding hydrogens is 239 g/mol. The number of benzene rings is 1. The summed E-state index contributed by atoms with van der Waals surface area (Å²) in [5, 5.41) is 12.8. The molecule has 2 aromatic rings. The maximum Gasteiger partial charge on any atom is 0.342 e. The zero-order chi connectivity index (χ0) is 13.1. The standard InChI is InChI=1S/C12H11FN2O3/c1-15-6-10(12(16)17)11(14-15)18-7-8-2-4-9(13)5-3-8/h2-6H,7H2,1H3,(H,16,17). The molecule has 0 unspecified atom stereocenters. The molecule has 0 spiro atoms. The summed E-state index contributed by atoms with van der Waals surface area (Å²) in [6.45, 7) is 0.136. The maximum absolute atomic E-state index is 12.7. The molecule has 6 heteroatoms. The van der Waals surface area contributed by atoms with Crippen molar-refractivity contribution in [2.45, 2.75) is 6.61 Å². The molecule has 1 N–H and O–H groups in total. The highest BCUT2D eigenvalue weighted by Gasteiger charge is 2.15. The van der Waals surface area contributed by atoms with E-state index in [-0.39, 0.29) is 23.9 Å². The molecule has 0 bridgehead atoms. The third-order valence-corrected chi connectivity index (χ3v) is 2.31. The number of carbonyl (C=O) groups is 1. The van der Waals surface area contributed by atoms with Crippen LogP contribution in [0.5, 0.6) is 5.88 Å². The second-order valence-electron chi connectivity index (χ2n) is 3.74. The van der Waals surface area contributed by atoms with Gasteiger partial charge in [-0.25, -0.2) is 9.18 Å². The predicted molar refractivity (Wildman–Crippen MR) is 60.9 cm³/mol. The second-order valence-corrected chi connectivity index (χ2v) is 3.74. The molecule has 0 fully saturated rings. The number of carboxylic acids is 1. The van der Waals surface area contributed by atoms with E-state index in [4.69, 9.17) is 9.84 Å². The number of hydrogen-bond donors (Lipinski definition) is 1. The second kappa shape index (κ2) is 4.87. The average molecular weight is 250 g/mol. The third kappa shape index (κ3) is 2.65. The Balaban J connectivity index is 2.10. The van der Waals surface area contributed by atoms with Gasteiger partial charge in [0.05, 0.1) is 0 Å². The van der Waals surface area contributed by atoms with Crippen molar-refractivity contribution in [1.82, 2.24) is 9.78 Å². The van der Waals surface area contributed by atoms with Gasteiger partial charge in [0.2, 0.25) is 5.88 Å². The molecule has 1 heterocycles. The van der Waals surface area contributed by atoms with Gasteiger partial charge >= 0.3 is 5.97 Å². The number of nitrogens with zero attached hydrogens (tertiary/aromatic N) is 2. The number of ether oxygens (including phenoxy) is 1. The Bertz CT molecular complexity index is 563. The van der Waals surface area contributed by atoms with E-state index in [1.165, 1.54) is 23.0 Å². The molecule has 2 rings (SSSR count). The molecule has 0 atom stereocenters. The lowest BCUT2D eigenvalue weighted by Gasteiger charge is -2.03. The summed E-state index contributed by atoms with van der Waals surface area (Å²) in [6, 6.07) is 5.77. The molecule has 0 aliphatic rings. The topological polar surface area (TPSA) is 64.4 Å². The Morgan fingerprint density at radius 1 is 1.44 bits per heavy atom. The van der Waals surface area contributed by atoms with Gasteiger partial charge in [0, 0.05) is 13.2 Å². The molecule has 0 amide bonds. The van der Waals surface area contributed by atoms with Crippen LogP contribution in [0.4, 0.5) is 4.39 Å². The Morgan fingerprint density at radius 3 is 2.72 bits per heavy atom. The molecule has 0 saturated carbocycles. The largest absolute Gasteiger partial charge is 0.477 e. The minimum absolute atomic E-state index is 0.000360. The van der Waals surface area contributed by atoms with Gasteiger partial charge in [-0.05, 0) is 17.7 Å². The van der Waals surface area contributed by atoms with Crippen LogP contribution in [0.15, 0.2) is 30.5 Å². The molecule has 5 nitrogen and oxygen atoms in total. The highest BCUT2D eigenvalue weighted by molar-refractivity contribution is 5.89. The lowest BCUT2D eigenvalue weighted by atomic mass is 10.2. The van der Waals surface area contributed by atoms with Crippen molar-refractivity contribution in [2.24, 2.45) is 7.05 Å². The van der Waals surface area contributed by atoms with Gasteiger partial charge < -0.3 is 9.84 Å². The number of aromatic carboxylic acids is 1. The summed E-state index contributed by atoms with van der Waals surface area (Å²) in [7, 11) is 1.61. The van der Waals surface area contributed by atoms with Gasteiger partial charge in [-0.15, -0.1) is 5.10 Å². The van der Waals surface area contributed by atoms with Gasteiger partial charge in [-0.3, -0.25) is 4.68 Å². The zero-order valence-corrected chi connectivity index (χ0v) is 9.63. The van der Waals surface area contributed by atoms with Gasteiger partial charge in [0.1, 0.15) is 18.0 Å². The first-order chi connectivity index (χ1) is 8.56. The predicted octanol–water partition coefficient (Wildman–Crippen LogP) is 1.84. The van der Waals surface area contributed by atoms with Crippen LogP contribution in [-0.2, 0) is 13.7 Å². The Morgan fingerprint density at radius 2 is 2.11 bits per heavy atom. The lowest BCUT2D eigenvalue weighted by Crippen LogP contribution is -2.01. The van der Waals surface area contributed by atoms with Crippen LogP contribution in [0.3, 0.4) is 0 Å². The molecule has 94 valence electrons. The van der Waals surface area contributed by atoms with Crippen LogP contribution in [0.25, 0.3) is 0 Å². The summed E-state index contributed by atoms with van der Waals surface area (Å²) >= 11 is 0. The van der Waals surface area contributed by atoms with E-state index in [9.17, 15) is 9.18 Å². The lowest BCUT2D eigenvalue weighted by molar-refractivity contribution is 0.0691. The molecular formula is C12H11FN2O3. The summed E-state index contributed by atoms with van der Waals surface area (Å²) < 4.78 is 19.4. The Hall–Kier alpha value is -2.37. The molecule has 1 aromatic carbocycles. The first kappa shape index (κ1) is 12.1. The van der Waals surface area contributed by atoms with Crippen molar-refractivity contribution in [3.05, 3.63) is 47.4 Å². The first-order valence-electron chi connectivity index (χ1n) is 5.20. The molecule has 0 aliphatic heterocycles. The highest BCUT2D eigenvalue weighted by Crippen LogP contribution is 2.17.